The summed E-state index contributed by atoms with van der Waals surface area (Å²) in [6.45, 7) is 8.53. The van der Waals surface area contributed by atoms with E-state index in [1.54, 1.807) is 0 Å². The van der Waals surface area contributed by atoms with Gasteiger partial charge in [-0.15, -0.1) is 11.3 Å². The van der Waals surface area contributed by atoms with Crippen molar-refractivity contribution in [1.29, 1.82) is 0 Å². The first kappa shape index (κ1) is 24.3. The van der Waals surface area contributed by atoms with Gasteiger partial charge in [0, 0.05) is 38.1 Å². The molecule has 0 aliphatic carbocycles. The normalized spacial score (nSPS) is 14.1. The maximum Gasteiger partial charge on any atom is 0.264 e. The number of carbonyl (C=O) groups excluding carboxylic acids is 1. The number of benzene rings is 2. The summed E-state index contributed by atoms with van der Waals surface area (Å²) in [5, 5.41) is 5.81. The van der Waals surface area contributed by atoms with Crippen molar-refractivity contribution in [2.24, 2.45) is 0 Å². The second kappa shape index (κ2) is 10.3. The number of hydrogen-bond donors (Lipinski definition) is 0. The van der Waals surface area contributed by atoms with Gasteiger partial charge in [0.2, 0.25) is 0 Å². The van der Waals surface area contributed by atoms with Crippen molar-refractivity contribution >= 4 is 33.1 Å². The number of thiophene rings is 1. The van der Waals surface area contributed by atoms with Crippen LogP contribution in [0.1, 0.15) is 20.9 Å². The number of likely N-dealkylation sites (N-methyl/N-ethyl adjacent to an activating group) is 1. The van der Waals surface area contributed by atoms with Gasteiger partial charge in [0.1, 0.15) is 17.2 Å². The zero-order valence-corrected chi connectivity index (χ0v) is 22.2. The van der Waals surface area contributed by atoms with Crippen LogP contribution in [0.2, 0.25) is 0 Å². The molecule has 1 aliphatic rings. The summed E-state index contributed by atoms with van der Waals surface area (Å²) in [5.41, 5.74) is 4.25. The van der Waals surface area contributed by atoms with Gasteiger partial charge in [-0.3, -0.25) is 4.79 Å². The number of aromatic nitrogens is 2. The third kappa shape index (κ3) is 4.83. The van der Waals surface area contributed by atoms with Gasteiger partial charge < -0.3 is 19.4 Å². The Balaban J connectivity index is 1.30. The molecule has 0 atom stereocenters. The van der Waals surface area contributed by atoms with E-state index < -0.39 is 0 Å². The van der Waals surface area contributed by atoms with Crippen LogP contribution in [0.15, 0.2) is 54.6 Å². The zero-order chi connectivity index (χ0) is 25.2. The van der Waals surface area contributed by atoms with Gasteiger partial charge in [-0.2, -0.15) is 5.10 Å². The number of hydrogen-bond acceptors (Lipinski definition) is 6. The molecule has 1 aliphatic heterocycles. The topological polar surface area (TPSA) is 53.8 Å². The van der Waals surface area contributed by atoms with Crippen LogP contribution in [-0.2, 0) is 0 Å². The number of carbonyl (C=O) groups is 1. The lowest BCUT2D eigenvalue weighted by Gasteiger charge is -2.36. The number of anilines is 1. The first-order chi connectivity index (χ1) is 17.4. The molecule has 1 saturated heterocycles. The minimum atomic E-state index is 0.0992. The summed E-state index contributed by atoms with van der Waals surface area (Å²) in [6.07, 6.45) is 0. The Kier molecular flexibility index (Phi) is 6.98. The van der Waals surface area contributed by atoms with Gasteiger partial charge in [-0.1, -0.05) is 30.3 Å². The SMILES string of the molecule is Cc1ccccc1-n1nc(C)c2cc(C(=O)N3CCN(c4ccccc4OCCN(C)C)CC3)sc21. The summed E-state index contributed by atoms with van der Waals surface area (Å²) in [7, 11) is 4.09. The number of para-hydroxylation sites is 3. The van der Waals surface area contributed by atoms with Crippen molar-refractivity contribution in [3.63, 3.8) is 0 Å². The van der Waals surface area contributed by atoms with Crippen molar-refractivity contribution < 1.29 is 9.53 Å². The van der Waals surface area contributed by atoms with E-state index in [2.05, 4.69) is 34.9 Å². The molecule has 0 spiro atoms. The smallest absolute Gasteiger partial charge is 0.264 e. The van der Waals surface area contributed by atoms with Crippen molar-refractivity contribution in [3.05, 3.63) is 70.7 Å². The average Bonchev–Trinajstić information content (AvgIpc) is 3.45. The predicted molar refractivity (Wildman–Crippen MR) is 147 cm³/mol. The third-order valence-electron chi connectivity index (χ3n) is 6.67. The predicted octanol–water partition coefficient (Wildman–Crippen LogP) is 4.61. The number of amides is 1. The lowest BCUT2D eigenvalue weighted by molar-refractivity contribution is 0.0751. The maximum atomic E-state index is 13.5. The van der Waals surface area contributed by atoms with E-state index in [9.17, 15) is 4.79 Å². The van der Waals surface area contributed by atoms with E-state index in [4.69, 9.17) is 9.84 Å². The molecule has 0 bridgehead atoms. The Morgan fingerprint density at radius 2 is 1.69 bits per heavy atom. The maximum absolute atomic E-state index is 13.5. The summed E-state index contributed by atoms with van der Waals surface area (Å²) in [6, 6.07) is 18.4. The van der Waals surface area contributed by atoms with Gasteiger partial charge in [0.15, 0.2) is 0 Å². The molecule has 1 amide bonds. The van der Waals surface area contributed by atoms with Gasteiger partial charge in [0.05, 0.1) is 21.9 Å². The van der Waals surface area contributed by atoms with E-state index >= 15 is 0 Å². The fourth-order valence-electron chi connectivity index (χ4n) is 4.60. The molecule has 2 aromatic heterocycles. The van der Waals surface area contributed by atoms with Crippen molar-refractivity contribution in [3.8, 4) is 11.4 Å². The van der Waals surface area contributed by atoms with Gasteiger partial charge in [0.25, 0.3) is 5.91 Å². The molecule has 1 fully saturated rings. The van der Waals surface area contributed by atoms with Gasteiger partial charge >= 0.3 is 0 Å². The number of ether oxygens (including phenoxy) is 1. The third-order valence-corrected chi connectivity index (χ3v) is 7.77. The minimum Gasteiger partial charge on any atom is -0.490 e. The fourth-order valence-corrected chi connectivity index (χ4v) is 5.75. The Hall–Kier alpha value is -3.36. The molecule has 8 heteroatoms. The van der Waals surface area contributed by atoms with Crippen LogP contribution in [0, 0.1) is 13.8 Å². The molecule has 36 heavy (non-hydrogen) atoms. The van der Waals surface area contributed by atoms with Crippen molar-refractivity contribution in [2.45, 2.75) is 13.8 Å². The molecule has 3 heterocycles. The van der Waals surface area contributed by atoms with Crippen LogP contribution in [0.5, 0.6) is 5.75 Å². The molecule has 2 aromatic carbocycles. The number of nitrogens with zero attached hydrogens (tertiary/aromatic N) is 5. The van der Waals surface area contributed by atoms with Gasteiger partial charge in [-0.05, 0) is 57.8 Å². The summed E-state index contributed by atoms with van der Waals surface area (Å²) < 4.78 is 8.05. The molecular formula is C28H33N5O2S. The highest BCUT2D eigenvalue weighted by atomic mass is 32.1. The highest BCUT2D eigenvalue weighted by molar-refractivity contribution is 7.20. The van der Waals surface area contributed by atoms with Crippen LogP contribution >= 0.6 is 11.3 Å². The zero-order valence-electron chi connectivity index (χ0n) is 21.4. The summed E-state index contributed by atoms with van der Waals surface area (Å²) in [5.74, 6) is 1.00. The van der Waals surface area contributed by atoms with E-state index in [0.717, 1.165) is 63.1 Å². The monoisotopic (exact) mass is 503 g/mol. The molecule has 0 saturated carbocycles. The van der Waals surface area contributed by atoms with E-state index in [-0.39, 0.29) is 5.91 Å². The van der Waals surface area contributed by atoms with Crippen LogP contribution in [0.25, 0.3) is 15.9 Å². The van der Waals surface area contributed by atoms with Crippen molar-refractivity contribution in [1.82, 2.24) is 19.6 Å². The van der Waals surface area contributed by atoms with Gasteiger partial charge in [-0.25, -0.2) is 4.68 Å². The molecular weight excluding hydrogens is 470 g/mol. The van der Waals surface area contributed by atoms with E-state index in [1.807, 2.05) is 67.0 Å². The highest BCUT2D eigenvalue weighted by Gasteiger charge is 2.26. The molecule has 7 nitrogen and oxygen atoms in total. The molecule has 0 N–H and O–H groups in total. The van der Waals surface area contributed by atoms with E-state index in [1.165, 1.54) is 11.3 Å². The molecule has 188 valence electrons. The minimum absolute atomic E-state index is 0.0992. The number of fused-ring (bicyclic) bond motifs is 1. The standard InChI is InChI=1S/C28H33N5O2S/c1-20-9-5-6-10-23(20)33-28-22(21(2)29-33)19-26(36-28)27(34)32-15-13-31(14-16-32)24-11-7-8-12-25(24)35-18-17-30(3)4/h5-12,19H,13-18H2,1-4H3. The Labute approximate surface area is 216 Å². The highest BCUT2D eigenvalue weighted by Crippen LogP contribution is 2.33. The number of piperazine rings is 1. The lowest BCUT2D eigenvalue weighted by atomic mass is 10.2. The van der Waals surface area contributed by atoms with Crippen LogP contribution < -0.4 is 9.64 Å². The first-order valence-corrected chi connectivity index (χ1v) is 13.2. The summed E-state index contributed by atoms with van der Waals surface area (Å²) in [4.78, 5) is 21.7. The fraction of sp³-hybridized carbons (Fsp3) is 0.357. The van der Waals surface area contributed by atoms with Crippen LogP contribution in [0.3, 0.4) is 0 Å². The molecule has 0 radical (unpaired) electrons. The molecule has 5 rings (SSSR count). The Morgan fingerprint density at radius 3 is 2.42 bits per heavy atom. The first-order valence-electron chi connectivity index (χ1n) is 12.4. The Bertz CT molecular complexity index is 1370. The van der Waals surface area contributed by atoms with Crippen LogP contribution in [-0.4, -0.2) is 78.9 Å². The Morgan fingerprint density at radius 1 is 1.00 bits per heavy atom. The lowest BCUT2D eigenvalue weighted by Crippen LogP contribution is -2.48. The summed E-state index contributed by atoms with van der Waals surface area (Å²) >= 11 is 1.53. The van der Waals surface area contributed by atoms with Crippen LogP contribution in [0.4, 0.5) is 5.69 Å². The largest absolute Gasteiger partial charge is 0.490 e. The quantitative estimate of drug-likeness (QED) is 0.369. The van der Waals surface area contributed by atoms with E-state index in [0.29, 0.717) is 19.7 Å². The molecule has 4 aromatic rings. The second-order valence-corrected chi connectivity index (χ2v) is 10.5. The number of rotatable bonds is 7. The average molecular weight is 504 g/mol. The number of aryl methyl sites for hydroxylation is 2. The molecule has 0 unspecified atom stereocenters. The second-order valence-electron chi connectivity index (χ2n) is 9.51. The van der Waals surface area contributed by atoms with Crippen molar-refractivity contribution in [2.75, 3.05) is 58.3 Å².